The lowest BCUT2D eigenvalue weighted by Gasteiger charge is -2.08. The lowest BCUT2D eigenvalue weighted by atomic mass is 10.2. The summed E-state index contributed by atoms with van der Waals surface area (Å²) >= 11 is -0.584. The molecule has 1 aromatic carbocycles. The summed E-state index contributed by atoms with van der Waals surface area (Å²) < 4.78 is 12.9. The van der Waals surface area contributed by atoms with E-state index < -0.39 is 21.0 Å². The van der Waals surface area contributed by atoms with Gasteiger partial charge in [-0.2, -0.15) is 0 Å². The van der Waals surface area contributed by atoms with Crippen molar-refractivity contribution in [2.45, 2.75) is 13.5 Å². The molecule has 0 aliphatic carbocycles. The van der Waals surface area contributed by atoms with Gasteiger partial charge in [0, 0.05) is 4.43 Å². The number of alkyl halides is 1. The third-order valence-corrected chi connectivity index (χ3v) is 3.70. The Morgan fingerprint density at radius 2 is 2.13 bits per heavy atom. The van der Waals surface area contributed by atoms with Crippen LogP contribution in [-0.4, -0.2) is 10.4 Å². The Balaban J connectivity index is 2.37. The van der Waals surface area contributed by atoms with E-state index in [2.05, 4.69) is 0 Å². The van der Waals surface area contributed by atoms with Gasteiger partial charge in [-0.25, -0.2) is 0 Å². The second kappa shape index (κ2) is 6.66. The summed E-state index contributed by atoms with van der Waals surface area (Å²) in [5.74, 6) is -0.315. The number of nitrogens with one attached hydrogen (secondary N) is 1. The van der Waals surface area contributed by atoms with E-state index in [1.165, 1.54) is 0 Å². The highest BCUT2D eigenvalue weighted by molar-refractivity contribution is 14.1. The number of benzene rings is 1. The summed E-state index contributed by atoms with van der Waals surface area (Å²) in [6, 6.07) is 9.62. The van der Waals surface area contributed by atoms with Crippen LogP contribution in [0.4, 0.5) is 0 Å². The molecule has 1 rings (SSSR count). The number of rotatable bonds is 5. The Labute approximate surface area is 99.8 Å². The first-order valence-corrected chi connectivity index (χ1v) is 7.30. The highest BCUT2D eigenvalue weighted by atomic mass is 127. The number of carbonyl (C=O) groups excluding carboxylic acids is 1. The van der Waals surface area contributed by atoms with Crippen molar-refractivity contribution in [3.8, 4) is 0 Å². The molecular weight excluding hydrogens is 305 g/mol. The van der Waals surface area contributed by atoms with Crippen molar-refractivity contribution in [2.75, 3.05) is 4.43 Å². The molecule has 0 radical (unpaired) electrons. The van der Waals surface area contributed by atoms with Crippen LogP contribution in [0.25, 0.3) is 0 Å². The van der Waals surface area contributed by atoms with E-state index >= 15 is 0 Å². The van der Waals surface area contributed by atoms with E-state index in [0.29, 0.717) is 11.0 Å². The number of hydrogen-bond acceptors (Lipinski definition) is 3. The first-order chi connectivity index (χ1) is 7.24. The van der Waals surface area contributed by atoms with Crippen molar-refractivity contribution in [1.82, 2.24) is 0 Å². The minimum absolute atomic E-state index is 0.126. The van der Waals surface area contributed by atoms with Gasteiger partial charge in [-0.3, -0.25) is 8.36 Å². The summed E-state index contributed by atoms with van der Waals surface area (Å²) in [4.78, 5) is 11.4. The number of halogens is 1. The summed E-state index contributed by atoms with van der Waals surface area (Å²) in [6.45, 7) is 2.15. The molecule has 1 aromatic rings. The molecule has 0 aromatic heterocycles. The topological polar surface area (TPSA) is 50.2 Å². The van der Waals surface area contributed by atoms with E-state index in [1.54, 1.807) is 0 Å². The zero-order valence-electron chi connectivity index (χ0n) is 8.57. The van der Waals surface area contributed by atoms with Gasteiger partial charge in [-0.15, -0.1) is 0 Å². The normalized spacial score (nSPS) is 12.1. The van der Waals surface area contributed by atoms with Crippen LogP contribution in [0.1, 0.15) is 12.5 Å². The van der Waals surface area contributed by atoms with Gasteiger partial charge in [-0.1, -0.05) is 37.3 Å². The van der Waals surface area contributed by atoms with E-state index in [1.807, 2.05) is 37.3 Å². The highest BCUT2D eigenvalue weighted by Gasteiger charge is 2.13. The molecule has 0 saturated carbocycles. The van der Waals surface area contributed by atoms with Gasteiger partial charge in [0.05, 0.1) is 5.92 Å². The molecule has 3 nitrogen and oxygen atoms in total. The van der Waals surface area contributed by atoms with Gasteiger partial charge in [0.15, 0.2) is 0 Å². The van der Waals surface area contributed by atoms with Crippen molar-refractivity contribution >= 4 is 27.0 Å². The van der Waals surface area contributed by atoms with Crippen LogP contribution in [0.2, 0.25) is 0 Å². The fraction of sp³-hybridized carbons (Fsp3) is 0.364. The Morgan fingerprint density at radius 3 is 2.73 bits per heavy atom. The molecule has 0 spiro atoms. The van der Waals surface area contributed by atoms with Crippen LogP contribution in [-0.2, 0) is 16.1 Å². The number of esters is 1. The average Bonchev–Trinajstić information content (AvgIpc) is 2.27. The van der Waals surface area contributed by atoms with Crippen molar-refractivity contribution in [1.29, 1.82) is 3.56 Å². The number of carbonyl (C=O) groups is 1. The zero-order chi connectivity index (χ0) is 11.1. The van der Waals surface area contributed by atoms with Gasteiger partial charge >= 0.3 is 5.97 Å². The summed E-state index contributed by atoms with van der Waals surface area (Å²) in [6.07, 6.45) is 0. The summed E-state index contributed by atoms with van der Waals surface area (Å²) in [7, 11) is 0. The Kier molecular flexibility index (Phi) is 5.45. The maximum Gasteiger partial charge on any atom is 0.309 e. The number of ether oxygens (including phenoxy) is 1. The van der Waals surface area contributed by atoms with E-state index in [9.17, 15) is 4.79 Å². The van der Waals surface area contributed by atoms with Crippen molar-refractivity contribution in [2.24, 2.45) is 5.92 Å². The fourth-order valence-electron chi connectivity index (χ4n) is 1.05. The maximum absolute atomic E-state index is 11.4. The minimum Gasteiger partial charge on any atom is -0.461 e. The van der Waals surface area contributed by atoms with E-state index in [-0.39, 0.29) is 11.9 Å². The quantitative estimate of drug-likeness (QED) is 0.515. The first kappa shape index (κ1) is 12.3. The molecule has 0 heterocycles. The Hall–Kier alpha value is -0.780. The molecule has 0 fully saturated rings. The van der Waals surface area contributed by atoms with Crippen molar-refractivity contribution < 1.29 is 9.53 Å². The fourth-order valence-corrected chi connectivity index (χ4v) is 2.07. The number of hydrogen-bond donors (Lipinski definition) is 1. The SMILES string of the molecule is C[C@H](CI=N)C(=O)OCc1ccccc1. The van der Waals surface area contributed by atoms with Gasteiger partial charge in [-0.05, 0) is 26.6 Å². The highest BCUT2D eigenvalue weighted by Crippen LogP contribution is 2.09. The second-order valence-corrected chi connectivity index (χ2v) is 4.93. The van der Waals surface area contributed by atoms with E-state index in [4.69, 9.17) is 8.30 Å². The zero-order valence-corrected chi connectivity index (χ0v) is 10.7. The van der Waals surface area contributed by atoms with Crippen molar-refractivity contribution in [3.63, 3.8) is 0 Å². The first-order valence-electron chi connectivity index (χ1n) is 4.69. The van der Waals surface area contributed by atoms with Crippen LogP contribution in [0.3, 0.4) is 0 Å². The molecule has 82 valence electrons. The van der Waals surface area contributed by atoms with Gasteiger partial charge < -0.3 is 4.74 Å². The van der Waals surface area contributed by atoms with Gasteiger partial charge in [0.1, 0.15) is 6.61 Å². The molecule has 0 saturated heterocycles. The van der Waals surface area contributed by atoms with E-state index in [0.717, 1.165) is 5.56 Å². The van der Waals surface area contributed by atoms with Crippen LogP contribution in [0.5, 0.6) is 0 Å². The smallest absolute Gasteiger partial charge is 0.309 e. The molecule has 0 unspecified atom stereocenters. The monoisotopic (exact) mass is 319 g/mol. The minimum atomic E-state index is -0.584. The average molecular weight is 319 g/mol. The largest absolute Gasteiger partial charge is 0.461 e. The van der Waals surface area contributed by atoms with Gasteiger partial charge in [0.25, 0.3) is 0 Å². The standard InChI is InChI=1S/C11H14INO2/c1-9(7-12-13)11(14)15-8-10-5-3-2-4-6-10/h2-6,9,13H,7-8H2,1H3/t9-/m1/s1. The van der Waals surface area contributed by atoms with Crippen LogP contribution in [0.15, 0.2) is 30.3 Å². The lowest BCUT2D eigenvalue weighted by molar-refractivity contribution is -0.148. The third-order valence-electron chi connectivity index (χ3n) is 1.93. The third kappa shape index (κ3) is 4.51. The molecule has 0 aliphatic rings. The van der Waals surface area contributed by atoms with Crippen LogP contribution >= 0.6 is 21.0 Å². The summed E-state index contributed by atoms with van der Waals surface area (Å²) in [5.41, 5.74) is 0.999. The van der Waals surface area contributed by atoms with Crippen molar-refractivity contribution in [3.05, 3.63) is 35.9 Å². The molecule has 1 atom stereocenters. The molecule has 4 heteroatoms. The molecule has 1 N–H and O–H groups in total. The van der Waals surface area contributed by atoms with Gasteiger partial charge in [0.2, 0.25) is 0 Å². The lowest BCUT2D eigenvalue weighted by Crippen LogP contribution is -2.15. The molecule has 0 bridgehead atoms. The molecule has 15 heavy (non-hydrogen) atoms. The predicted octanol–water partition coefficient (Wildman–Crippen LogP) is 3.10. The summed E-state index contributed by atoms with van der Waals surface area (Å²) in [5, 5.41) is 0. The second-order valence-electron chi connectivity index (χ2n) is 3.28. The van der Waals surface area contributed by atoms with Crippen LogP contribution < -0.4 is 0 Å². The Bertz CT molecular complexity index is 327. The molecular formula is C11H14INO2. The molecule has 0 aliphatic heterocycles. The maximum atomic E-state index is 11.4. The van der Waals surface area contributed by atoms with Crippen LogP contribution in [0, 0.1) is 9.48 Å². The molecule has 0 amide bonds. The predicted molar refractivity (Wildman–Crippen MR) is 67.0 cm³/mol. The Morgan fingerprint density at radius 1 is 1.47 bits per heavy atom.